The van der Waals surface area contributed by atoms with Crippen LogP contribution in [0.4, 0.5) is 10.1 Å². The van der Waals surface area contributed by atoms with Crippen molar-refractivity contribution < 1.29 is 31.9 Å². The molecule has 3 rings (SSSR count). The average Bonchev–Trinajstić information content (AvgIpc) is 2.81. The van der Waals surface area contributed by atoms with E-state index in [2.05, 4.69) is 4.98 Å². The maximum atomic E-state index is 13.8. The fourth-order valence-electron chi connectivity index (χ4n) is 3.42. The van der Waals surface area contributed by atoms with E-state index in [1.807, 2.05) is 0 Å². The number of pyridine rings is 1. The fraction of sp³-hybridized carbons (Fsp3) is 0.208. The first-order valence-corrected chi connectivity index (χ1v) is 11.9. The number of carbonyl (C=O) groups excluding carboxylic acids is 2. The topological polar surface area (TPSA) is 103 Å². The summed E-state index contributed by atoms with van der Waals surface area (Å²) in [4.78, 5) is 31.1. The van der Waals surface area contributed by atoms with Gasteiger partial charge in [-0.2, -0.15) is 0 Å². The van der Waals surface area contributed by atoms with Gasteiger partial charge in [-0.25, -0.2) is 12.8 Å². The number of nitrogens with zero attached hydrogens (tertiary/aromatic N) is 2. The summed E-state index contributed by atoms with van der Waals surface area (Å²) in [6.07, 6.45) is 3.91. The lowest BCUT2D eigenvalue weighted by atomic mass is 10.0. The molecule has 8 nitrogen and oxygen atoms in total. The van der Waals surface area contributed by atoms with Crippen molar-refractivity contribution in [1.82, 2.24) is 4.98 Å². The maximum absolute atomic E-state index is 13.8. The SMILES string of the molecule is COC(=O)CN(C(=O)c1cc(C)cc(S(C)(=O)=O)c1)c1cnccc1-c1ccc(F)cc1OC. The fourth-order valence-corrected chi connectivity index (χ4v) is 4.16. The van der Waals surface area contributed by atoms with Crippen LogP contribution in [0.5, 0.6) is 5.75 Å². The zero-order valence-electron chi connectivity index (χ0n) is 19.0. The Kier molecular flexibility index (Phi) is 7.31. The number of rotatable bonds is 7. The van der Waals surface area contributed by atoms with Gasteiger partial charge in [0.2, 0.25) is 0 Å². The van der Waals surface area contributed by atoms with Crippen molar-refractivity contribution >= 4 is 27.4 Å². The van der Waals surface area contributed by atoms with Crippen LogP contribution in [-0.2, 0) is 19.4 Å². The molecule has 0 fully saturated rings. The van der Waals surface area contributed by atoms with E-state index >= 15 is 0 Å². The summed E-state index contributed by atoms with van der Waals surface area (Å²) < 4.78 is 48.1. The second-order valence-corrected chi connectivity index (χ2v) is 9.53. The van der Waals surface area contributed by atoms with Crippen LogP contribution in [0.2, 0.25) is 0 Å². The van der Waals surface area contributed by atoms with Gasteiger partial charge < -0.3 is 9.47 Å². The van der Waals surface area contributed by atoms with Crippen molar-refractivity contribution in [1.29, 1.82) is 0 Å². The molecule has 0 aliphatic carbocycles. The molecule has 0 bridgehead atoms. The minimum absolute atomic E-state index is 0.0273. The summed E-state index contributed by atoms with van der Waals surface area (Å²) >= 11 is 0. The lowest BCUT2D eigenvalue weighted by Gasteiger charge is -2.25. The molecule has 1 heterocycles. The van der Waals surface area contributed by atoms with Crippen LogP contribution in [0.3, 0.4) is 0 Å². The largest absolute Gasteiger partial charge is 0.496 e. The number of aromatic nitrogens is 1. The molecule has 0 aliphatic heterocycles. The molecule has 2 aromatic carbocycles. The number of sulfone groups is 1. The van der Waals surface area contributed by atoms with Crippen LogP contribution in [0, 0.1) is 12.7 Å². The van der Waals surface area contributed by atoms with E-state index in [4.69, 9.17) is 9.47 Å². The van der Waals surface area contributed by atoms with Crippen molar-refractivity contribution in [3.63, 3.8) is 0 Å². The first kappa shape index (κ1) is 24.8. The summed E-state index contributed by atoms with van der Waals surface area (Å²) in [5.74, 6) is -1.64. The number of methoxy groups -OCH3 is 2. The number of ether oxygens (including phenoxy) is 2. The summed E-state index contributed by atoms with van der Waals surface area (Å²) in [6, 6.07) is 9.76. The molecule has 0 radical (unpaired) electrons. The van der Waals surface area contributed by atoms with Crippen LogP contribution >= 0.6 is 0 Å². The zero-order valence-corrected chi connectivity index (χ0v) is 19.8. The standard InChI is InChI=1S/C24H23FN2O6S/c1-15-9-16(11-18(10-15)34(4,30)31)24(29)27(14-23(28)33-3)21-13-26-8-7-19(21)20-6-5-17(25)12-22(20)32-2/h5-13H,14H2,1-4H3. The number of anilines is 1. The number of carbonyl (C=O) groups is 2. The van der Waals surface area contributed by atoms with E-state index in [1.165, 1.54) is 63.0 Å². The Morgan fingerprint density at radius 1 is 1.06 bits per heavy atom. The molecule has 1 amide bonds. The number of halogens is 1. The molecule has 1 aromatic heterocycles. The minimum atomic E-state index is -3.59. The Balaban J connectivity index is 2.21. The number of hydrogen-bond acceptors (Lipinski definition) is 7. The lowest BCUT2D eigenvalue weighted by molar-refractivity contribution is -0.138. The van der Waals surface area contributed by atoms with E-state index in [9.17, 15) is 22.4 Å². The molecular formula is C24H23FN2O6S. The quantitative estimate of drug-likeness (QED) is 0.472. The average molecular weight is 487 g/mol. The summed E-state index contributed by atoms with van der Waals surface area (Å²) in [5, 5.41) is 0. The van der Waals surface area contributed by atoms with Crippen LogP contribution in [-0.4, -0.2) is 52.3 Å². The molecule has 34 heavy (non-hydrogen) atoms. The molecule has 0 unspecified atom stereocenters. The minimum Gasteiger partial charge on any atom is -0.496 e. The van der Waals surface area contributed by atoms with Gasteiger partial charge in [-0.05, 0) is 48.9 Å². The highest BCUT2D eigenvalue weighted by atomic mass is 32.2. The Morgan fingerprint density at radius 3 is 2.44 bits per heavy atom. The Labute approximate surface area is 196 Å². The van der Waals surface area contributed by atoms with Gasteiger partial charge in [0.25, 0.3) is 5.91 Å². The number of esters is 1. The summed E-state index contributed by atoms with van der Waals surface area (Å²) in [5.41, 5.74) is 1.75. The smallest absolute Gasteiger partial charge is 0.325 e. The molecular weight excluding hydrogens is 463 g/mol. The monoisotopic (exact) mass is 486 g/mol. The number of aryl methyl sites for hydroxylation is 1. The highest BCUT2D eigenvalue weighted by Crippen LogP contribution is 2.37. The van der Waals surface area contributed by atoms with Crippen molar-refractivity contribution in [3.8, 4) is 16.9 Å². The van der Waals surface area contributed by atoms with E-state index in [1.54, 1.807) is 13.0 Å². The Hall–Kier alpha value is -3.79. The van der Waals surface area contributed by atoms with E-state index in [-0.39, 0.29) is 21.9 Å². The highest BCUT2D eigenvalue weighted by Gasteiger charge is 2.26. The van der Waals surface area contributed by atoms with Gasteiger partial charge >= 0.3 is 5.97 Å². The third-order valence-electron chi connectivity index (χ3n) is 5.03. The van der Waals surface area contributed by atoms with Gasteiger partial charge in [0.1, 0.15) is 18.1 Å². The van der Waals surface area contributed by atoms with Gasteiger partial charge in [-0.15, -0.1) is 0 Å². The first-order valence-electron chi connectivity index (χ1n) is 10.0. The number of hydrogen-bond donors (Lipinski definition) is 0. The van der Waals surface area contributed by atoms with E-state index in [0.29, 0.717) is 16.7 Å². The van der Waals surface area contributed by atoms with Crippen LogP contribution in [0.25, 0.3) is 11.1 Å². The van der Waals surface area contributed by atoms with Gasteiger partial charge in [-0.3, -0.25) is 19.5 Å². The van der Waals surface area contributed by atoms with Crippen molar-refractivity contribution in [3.05, 3.63) is 71.8 Å². The van der Waals surface area contributed by atoms with E-state index in [0.717, 1.165) is 11.2 Å². The maximum Gasteiger partial charge on any atom is 0.325 e. The Morgan fingerprint density at radius 2 is 1.79 bits per heavy atom. The molecule has 3 aromatic rings. The first-order chi connectivity index (χ1) is 16.0. The zero-order chi connectivity index (χ0) is 25.0. The van der Waals surface area contributed by atoms with Crippen molar-refractivity contribution in [2.75, 3.05) is 31.9 Å². The molecule has 0 spiro atoms. The van der Waals surface area contributed by atoms with Gasteiger partial charge in [0.05, 0.1) is 31.0 Å². The predicted molar refractivity (Wildman–Crippen MR) is 124 cm³/mol. The number of amides is 1. The van der Waals surface area contributed by atoms with Crippen molar-refractivity contribution in [2.24, 2.45) is 0 Å². The normalized spacial score (nSPS) is 11.1. The third kappa shape index (κ3) is 5.40. The van der Waals surface area contributed by atoms with Gasteiger partial charge in [0, 0.05) is 35.2 Å². The third-order valence-corrected chi connectivity index (χ3v) is 6.12. The second-order valence-electron chi connectivity index (χ2n) is 7.51. The van der Waals surface area contributed by atoms with Crippen molar-refractivity contribution in [2.45, 2.75) is 11.8 Å². The molecule has 0 N–H and O–H groups in total. The summed E-state index contributed by atoms with van der Waals surface area (Å²) in [6.45, 7) is 1.19. The highest BCUT2D eigenvalue weighted by molar-refractivity contribution is 7.90. The summed E-state index contributed by atoms with van der Waals surface area (Å²) in [7, 11) is -1.02. The van der Waals surface area contributed by atoms with Gasteiger partial charge in [-0.1, -0.05) is 0 Å². The molecule has 0 atom stereocenters. The predicted octanol–water partition coefficient (Wildman–Crippen LogP) is 3.43. The second kappa shape index (κ2) is 10.0. The van der Waals surface area contributed by atoms with E-state index < -0.39 is 34.1 Å². The molecule has 10 heteroatoms. The Bertz CT molecular complexity index is 1360. The molecule has 0 saturated carbocycles. The van der Waals surface area contributed by atoms with Gasteiger partial charge in [0.15, 0.2) is 9.84 Å². The molecule has 178 valence electrons. The number of benzene rings is 2. The van der Waals surface area contributed by atoms with Crippen LogP contribution in [0.1, 0.15) is 15.9 Å². The van der Waals surface area contributed by atoms with Crippen LogP contribution < -0.4 is 9.64 Å². The van der Waals surface area contributed by atoms with Crippen LogP contribution in [0.15, 0.2) is 59.8 Å². The lowest BCUT2D eigenvalue weighted by Crippen LogP contribution is -2.37. The molecule has 0 aliphatic rings. The molecule has 0 saturated heterocycles.